The molecule has 1 N–H and O–H groups in total. The van der Waals surface area contributed by atoms with Crippen molar-refractivity contribution in [1.29, 1.82) is 0 Å². The molecule has 0 radical (unpaired) electrons. The topological polar surface area (TPSA) is 15.3 Å². The highest BCUT2D eigenvalue weighted by Crippen LogP contribution is 2.41. The van der Waals surface area contributed by atoms with Gasteiger partial charge in [-0.2, -0.15) is 0 Å². The fourth-order valence-corrected chi connectivity index (χ4v) is 5.41. The van der Waals surface area contributed by atoms with Crippen molar-refractivity contribution in [3.05, 3.63) is 0 Å². The molecule has 0 saturated heterocycles. The number of nitrogens with zero attached hydrogens (tertiary/aromatic N) is 1. The van der Waals surface area contributed by atoms with E-state index in [-0.39, 0.29) is 0 Å². The van der Waals surface area contributed by atoms with E-state index < -0.39 is 0 Å². The standard InChI is InChI=1S/C19H40N2/c1-8-19(9-2,21(10-3)11-4)18(20-7)17-13-15(5)12-16(6)14-17/h15-18,20H,8-14H2,1-7H3. The Morgan fingerprint density at radius 1 is 0.952 bits per heavy atom. The van der Waals surface area contributed by atoms with Gasteiger partial charge in [-0.1, -0.05) is 41.5 Å². The van der Waals surface area contributed by atoms with E-state index in [2.05, 4.69) is 58.8 Å². The highest BCUT2D eigenvalue weighted by Gasteiger charge is 2.44. The van der Waals surface area contributed by atoms with Crippen LogP contribution in [0.5, 0.6) is 0 Å². The molecule has 1 saturated carbocycles. The zero-order valence-electron chi connectivity index (χ0n) is 15.7. The summed E-state index contributed by atoms with van der Waals surface area (Å²) >= 11 is 0. The fraction of sp³-hybridized carbons (Fsp3) is 1.00. The number of nitrogens with one attached hydrogen (secondary N) is 1. The second kappa shape index (κ2) is 8.53. The highest BCUT2D eigenvalue weighted by molar-refractivity contribution is 5.02. The van der Waals surface area contributed by atoms with E-state index in [1.54, 1.807) is 0 Å². The second-order valence-corrected chi connectivity index (χ2v) is 7.43. The molecule has 0 aromatic carbocycles. The monoisotopic (exact) mass is 296 g/mol. The largest absolute Gasteiger partial charge is 0.315 e. The summed E-state index contributed by atoms with van der Waals surface area (Å²) in [6.07, 6.45) is 6.72. The molecule has 1 rings (SSSR count). The van der Waals surface area contributed by atoms with Gasteiger partial charge >= 0.3 is 0 Å². The average molecular weight is 297 g/mol. The number of rotatable bonds is 8. The third-order valence-electron chi connectivity index (χ3n) is 6.19. The average Bonchev–Trinajstić information content (AvgIpc) is 2.46. The van der Waals surface area contributed by atoms with Crippen molar-refractivity contribution in [3.8, 4) is 0 Å². The summed E-state index contributed by atoms with van der Waals surface area (Å²) in [5, 5.41) is 3.76. The molecule has 3 atom stereocenters. The van der Waals surface area contributed by atoms with Gasteiger partial charge in [-0.25, -0.2) is 0 Å². The van der Waals surface area contributed by atoms with E-state index in [9.17, 15) is 0 Å². The minimum absolute atomic E-state index is 0.319. The van der Waals surface area contributed by atoms with Crippen LogP contribution in [0.25, 0.3) is 0 Å². The van der Waals surface area contributed by atoms with Crippen molar-refractivity contribution in [2.75, 3.05) is 20.1 Å². The van der Waals surface area contributed by atoms with Crippen LogP contribution in [0, 0.1) is 17.8 Å². The first-order valence-electron chi connectivity index (χ1n) is 9.41. The van der Waals surface area contributed by atoms with Crippen molar-refractivity contribution >= 4 is 0 Å². The van der Waals surface area contributed by atoms with Gasteiger partial charge in [-0.3, -0.25) is 4.90 Å². The maximum absolute atomic E-state index is 3.76. The quantitative estimate of drug-likeness (QED) is 0.707. The summed E-state index contributed by atoms with van der Waals surface area (Å²) in [5.74, 6) is 2.60. The van der Waals surface area contributed by atoms with Crippen molar-refractivity contribution in [2.24, 2.45) is 17.8 Å². The van der Waals surface area contributed by atoms with Gasteiger partial charge in [-0.05, 0) is 70.0 Å². The molecule has 0 amide bonds. The minimum Gasteiger partial charge on any atom is -0.315 e. The van der Waals surface area contributed by atoms with Crippen molar-refractivity contribution in [3.63, 3.8) is 0 Å². The Morgan fingerprint density at radius 3 is 1.76 bits per heavy atom. The van der Waals surface area contributed by atoms with Gasteiger partial charge in [0.25, 0.3) is 0 Å². The third kappa shape index (κ3) is 4.01. The molecule has 1 fully saturated rings. The SMILES string of the molecule is CCN(CC)C(CC)(CC)C(NC)C1CC(C)CC(C)C1. The Bertz CT molecular complexity index is 271. The summed E-state index contributed by atoms with van der Waals surface area (Å²) in [6.45, 7) is 16.6. The van der Waals surface area contributed by atoms with E-state index >= 15 is 0 Å². The minimum atomic E-state index is 0.319. The number of likely N-dealkylation sites (N-methyl/N-ethyl adjacent to an activating group) is 2. The maximum atomic E-state index is 3.76. The molecule has 0 aromatic rings. The smallest absolute Gasteiger partial charge is 0.0359 e. The second-order valence-electron chi connectivity index (χ2n) is 7.43. The Labute approximate surface area is 134 Å². The van der Waals surface area contributed by atoms with Crippen LogP contribution in [0.3, 0.4) is 0 Å². The molecule has 126 valence electrons. The van der Waals surface area contributed by atoms with Crippen LogP contribution in [0.4, 0.5) is 0 Å². The summed E-state index contributed by atoms with van der Waals surface area (Å²) in [4.78, 5) is 2.72. The molecule has 2 heteroatoms. The molecular weight excluding hydrogens is 256 g/mol. The molecular formula is C19H40N2. The lowest BCUT2D eigenvalue weighted by Gasteiger charge is -2.52. The van der Waals surface area contributed by atoms with Gasteiger partial charge in [0.1, 0.15) is 0 Å². The zero-order valence-corrected chi connectivity index (χ0v) is 15.7. The molecule has 0 bridgehead atoms. The van der Waals surface area contributed by atoms with Crippen molar-refractivity contribution in [1.82, 2.24) is 10.2 Å². The molecule has 0 aromatic heterocycles. The Hall–Kier alpha value is -0.0800. The Balaban J connectivity index is 3.06. The van der Waals surface area contributed by atoms with Gasteiger partial charge < -0.3 is 5.32 Å². The lowest BCUT2D eigenvalue weighted by Crippen LogP contribution is -2.63. The van der Waals surface area contributed by atoms with E-state index in [1.807, 2.05) is 0 Å². The third-order valence-corrected chi connectivity index (χ3v) is 6.19. The molecule has 0 heterocycles. The lowest BCUT2D eigenvalue weighted by atomic mass is 9.67. The van der Waals surface area contributed by atoms with Crippen LogP contribution < -0.4 is 5.32 Å². The normalized spacial score (nSPS) is 28.9. The predicted octanol–water partition coefficient (Wildman–Crippen LogP) is 4.55. The first-order valence-corrected chi connectivity index (χ1v) is 9.41. The van der Waals surface area contributed by atoms with Crippen LogP contribution >= 0.6 is 0 Å². The van der Waals surface area contributed by atoms with E-state index in [1.165, 1.54) is 32.1 Å². The molecule has 1 aliphatic rings. The fourth-order valence-electron chi connectivity index (χ4n) is 5.41. The summed E-state index contributed by atoms with van der Waals surface area (Å²) in [5.41, 5.74) is 0.319. The van der Waals surface area contributed by atoms with Gasteiger partial charge in [0, 0.05) is 11.6 Å². The van der Waals surface area contributed by atoms with Gasteiger partial charge in [0.2, 0.25) is 0 Å². The van der Waals surface area contributed by atoms with Crippen LogP contribution in [0.15, 0.2) is 0 Å². The van der Waals surface area contributed by atoms with E-state index in [4.69, 9.17) is 0 Å². The highest BCUT2D eigenvalue weighted by atomic mass is 15.2. The Kier molecular flexibility index (Phi) is 7.70. The number of hydrogen-bond donors (Lipinski definition) is 1. The van der Waals surface area contributed by atoms with Crippen molar-refractivity contribution in [2.45, 2.75) is 85.2 Å². The summed E-state index contributed by atoms with van der Waals surface area (Å²) < 4.78 is 0. The van der Waals surface area contributed by atoms with Crippen LogP contribution in [-0.4, -0.2) is 36.6 Å². The van der Waals surface area contributed by atoms with Crippen LogP contribution in [0.2, 0.25) is 0 Å². The molecule has 3 unspecified atom stereocenters. The van der Waals surface area contributed by atoms with E-state index in [0.29, 0.717) is 11.6 Å². The first kappa shape index (κ1) is 19.0. The maximum Gasteiger partial charge on any atom is 0.0359 e. The molecule has 21 heavy (non-hydrogen) atoms. The number of hydrogen-bond acceptors (Lipinski definition) is 2. The van der Waals surface area contributed by atoms with Crippen LogP contribution in [0.1, 0.15) is 73.6 Å². The lowest BCUT2D eigenvalue weighted by molar-refractivity contribution is 0.0112. The summed E-state index contributed by atoms with van der Waals surface area (Å²) in [7, 11) is 2.19. The summed E-state index contributed by atoms with van der Waals surface area (Å²) in [6, 6.07) is 0.623. The molecule has 0 aliphatic heterocycles. The van der Waals surface area contributed by atoms with Crippen LogP contribution in [-0.2, 0) is 0 Å². The molecule has 2 nitrogen and oxygen atoms in total. The first-order chi connectivity index (χ1) is 9.98. The molecule has 1 aliphatic carbocycles. The predicted molar refractivity (Wildman–Crippen MR) is 94.8 cm³/mol. The molecule has 0 spiro atoms. The van der Waals surface area contributed by atoms with E-state index in [0.717, 1.165) is 30.8 Å². The van der Waals surface area contributed by atoms with Gasteiger partial charge in [0.15, 0.2) is 0 Å². The van der Waals surface area contributed by atoms with Gasteiger partial charge in [-0.15, -0.1) is 0 Å². The van der Waals surface area contributed by atoms with Crippen molar-refractivity contribution < 1.29 is 0 Å². The zero-order chi connectivity index (χ0) is 16.0. The Morgan fingerprint density at radius 2 is 1.43 bits per heavy atom. The van der Waals surface area contributed by atoms with Gasteiger partial charge in [0.05, 0.1) is 0 Å².